The molecule has 1 atom stereocenters. The van der Waals surface area contributed by atoms with Crippen molar-refractivity contribution in [3.8, 4) is 0 Å². The molecule has 0 aromatic heterocycles. The zero-order valence-corrected chi connectivity index (χ0v) is 13.5. The second-order valence-corrected chi connectivity index (χ2v) is 6.06. The Morgan fingerprint density at radius 3 is 2.33 bits per heavy atom. The first-order valence-corrected chi connectivity index (χ1v) is 7.62. The van der Waals surface area contributed by atoms with E-state index in [4.69, 9.17) is 4.74 Å². The largest absolute Gasteiger partial charge is 0.368 e. The molecule has 0 aliphatic carbocycles. The van der Waals surface area contributed by atoms with E-state index in [1.807, 2.05) is 6.92 Å². The van der Waals surface area contributed by atoms with E-state index in [0.29, 0.717) is 0 Å². The van der Waals surface area contributed by atoms with Crippen LogP contribution in [-0.2, 0) is 9.53 Å². The van der Waals surface area contributed by atoms with Gasteiger partial charge in [-0.3, -0.25) is 4.79 Å². The molecule has 1 unspecified atom stereocenters. The first kappa shape index (κ1) is 16.0. The van der Waals surface area contributed by atoms with Crippen molar-refractivity contribution >= 4 is 5.91 Å². The highest BCUT2D eigenvalue weighted by Gasteiger charge is 2.40. The lowest BCUT2D eigenvalue weighted by atomic mass is 9.90. The fourth-order valence-electron chi connectivity index (χ4n) is 3.03. The molecule has 0 spiro atoms. The van der Waals surface area contributed by atoms with Crippen molar-refractivity contribution < 1.29 is 9.53 Å². The van der Waals surface area contributed by atoms with Gasteiger partial charge in [0.15, 0.2) is 0 Å². The van der Waals surface area contributed by atoms with Crippen LogP contribution in [0.4, 0.5) is 0 Å². The maximum absolute atomic E-state index is 12.6. The summed E-state index contributed by atoms with van der Waals surface area (Å²) in [4.78, 5) is 12.6. The minimum absolute atomic E-state index is 0.00170. The van der Waals surface area contributed by atoms with Crippen molar-refractivity contribution in [1.29, 1.82) is 0 Å². The molecule has 1 aliphatic rings. The standard InChI is InChI=1S/C17H26N2O2/c1-12-9-13(2)11-15(10-12)14(3)19-16(20)17(21-4)5-7-18-8-6-17/h9-11,14,18H,5-8H2,1-4H3,(H,19,20). The number of carbonyl (C=O) groups excluding carboxylic acids is 1. The number of nitrogens with one attached hydrogen (secondary N) is 2. The molecule has 1 saturated heterocycles. The van der Waals surface area contributed by atoms with Crippen LogP contribution < -0.4 is 10.6 Å². The molecule has 1 aromatic carbocycles. The number of carbonyl (C=O) groups is 1. The van der Waals surface area contributed by atoms with E-state index in [1.165, 1.54) is 11.1 Å². The zero-order valence-electron chi connectivity index (χ0n) is 13.5. The van der Waals surface area contributed by atoms with Crippen LogP contribution in [0.25, 0.3) is 0 Å². The summed E-state index contributed by atoms with van der Waals surface area (Å²) < 4.78 is 5.57. The summed E-state index contributed by atoms with van der Waals surface area (Å²) in [5, 5.41) is 6.39. The smallest absolute Gasteiger partial charge is 0.252 e. The van der Waals surface area contributed by atoms with Crippen molar-refractivity contribution in [2.75, 3.05) is 20.2 Å². The van der Waals surface area contributed by atoms with Gasteiger partial charge in [0.2, 0.25) is 0 Å². The Balaban J connectivity index is 2.10. The lowest BCUT2D eigenvalue weighted by Gasteiger charge is -2.35. The number of benzene rings is 1. The molecule has 1 amide bonds. The van der Waals surface area contributed by atoms with E-state index in [1.54, 1.807) is 7.11 Å². The highest BCUT2D eigenvalue weighted by Crippen LogP contribution is 2.24. The average Bonchev–Trinajstić information content (AvgIpc) is 2.46. The molecule has 4 heteroatoms. The van der Waals surface area contributed by atoms with Crippen LogP contribution in [0.2, 0.25) is 0 Å². The summed E-state index contributed by atoms with van der Waals surface area (Å²) >= 11 is 0. The molecule has 1 aromatic rings. The molecule has 1 aliphatic heterocycles. The maximum Gasteiger partial charge on any atom is 0.252 e. The van der Waals surface area contributed by atoms with Crippen LogP contribution in [0.1, 0.15) is 42.5 Å². The summed E-state index contributed by atoms with van der Waals surface area (Å²) in [6.45, 7) is 7.82. The van der Waals surface area contributed by atoms with Crippen LogP contribution in [0.3, 0.4) is 0 Å². The molecule has 1 heterocycles. The molecule has 4 nitrogen and oxygen atoms in total. The molecule has 0 radical (unpaired) electrons. The maximum atomic E-state index is 12.6. The Morgan fingerprint density at radius 1 is 1.24 bits per heavy atom. The fourth-order valence-corrected chi connectivity index (χ4v) is 3.03. The Hall–Kier alpha value is -1.39. The van der Waals surface area contributed by atoms with Gasteiger partial charge in [-0.25, -0.2) is 0 Å². The molecule has 0 bridgehead atoms. The van der Waals surface area contributed by atoms with Crippen molar-refractivity contribution in [3.63, 3.8) is 0 Å². The molecule has 2 N–H and O–H groups in total. The van der Waals surface area contributed by atoms with Gasteiger partial charge in [-0.15, -0.1) is 0 Å². The number of ether oxygens (including phenoxy) is 1. The number of aryl methyl sites for hydroxylation is 2. The first-order valence-electron chi connectivity index (χ1n) is 7.62. The highest BCUT2D eigenvalue weighted by atomic mass is 16.5. The number of amides is 1. The SMILES string of the molecule is COC1(C(=O)NC(C)c2cc(C)cc(C)c2)CCNCC1. The third-order valence-electron chi connectivity index (χ3n) is 4.31. The summed E-state index contributed by atoms with van der Waals surface area (Å²) in [6.07, 6.45) is 1.43. The van der Waals surface area contributed by atoms with Crippen molar-refractivity contribution in [2.24, 2.45) is 0 Å². The number of piperidine rings is 1. The normalized spacial score (nSPS) is 19.0. The van der Waals surface area contributed by atoms with Gasteiger partial charge in [-0.05, 0) is 52.3 Å². The van der Waals surface area contributed by atoms with Crippen molar-refractivity contribution in [1.82, 2.24) is 10.6 Å². The van der Waals surface area contributed by atoms with E-state index in [9.17, 15) is 4.79 Å². The van der Waals surface area contributed by atoms with Gasteiger partial charge in [0, 0.05) is 7.11 Å². The molecular weight excluding hydrogens is 264 g/mol. The van der Waals surface area contributed by atoms with E-state index < -0.39 is 5.60 Å². The van der Waals surface area contributed by atoms with Gasteiger partial charge >= 0.3 is 0 Å². The van der Waals surface area contributed by atoms with E-state index >= 15 is 0 Å². The summed E-state index contributed by atoms with van der Waals surface area (Å²) in [7, 11) is 1.63. The van der Waals surface area contributed by atoms with Crippen LogP contribution >= 0.6 is 0 Å². The van der Waals surface area contributed by atoms with Crippen LogP contribution in [-0.4, -0.2) is 31.7 Å². The van der Waals surface area contributed by atoms with Crippen molar-refractivity contribution in [2.45, 2.75) is 45.3 Å². The predicted octanol–water partition coefficient (Wildman–Crippen LogP) is 2.25. The molecule has 2 rings (SSSR count). The Kier molecular flexibility index (Phi) is 5.01. The van der Waals surface area contributed by atoms with E-state index in [0.717, 1.165) is 31.5 Å². The minimum atomic E-state index is -0.682. The quantitative estimate of drug-likeness (QED) is 0.894. The second kappa shape index (κ2) is 6.58. The third kappa shape index (κ3) is 3.63. The second-order valence-electron chi connectivity index (χ2n) is 6.06. The van der Waals surface area contributed by atoms with Gasteiger partial charge in [0.05, 0.1) is 6.04 Å². The molecule has 116 valence electrons. The predicted molar refractivity (Wildman–Crippen MR) is 84.3 cm³/mol. The molecule has 21 heavy (non-hydrogen) atoms. The fraction of sp³-hybridized carbons (Fsp3) is 0.588. The zero-order chi connectivity index (χ0) is 15.5. The van der Waals surface area contributed by atoms with Gasteiger partial charge in [0.25, 0.3) is 5.91 Å². The number of hydrogen-bond acceptors (Lipinski definition) is 3. The van der Waals surface area contributed by atoms with Crippen molar-refractivity contribution in [3.05, 3.63) is 34.9 Å². The number of rotatable bonds is 4. The number of methoxy groups -OCH3 is 1. The van der Waals surface area contributed by atoms with Gasteiger partial charge < -0.3 is 15.4 Å². The molecule has 0 saturated carbocycles. The monoisotopic (exact) mass is 290 g/mol. The lowest BCUT2D eigenvalue weighted by molar-refractivity contribution is -0.147. The van der Waals surface area contributed by atoms with Gasteiger partial charge in [-0.2, -0.15) is 0 Å². The Labute approximate surface area is 127 Å². The summed E-state index contributed by atoms with van der Waals surface area (Å²) in [5.41, 5.74) is 2.89. The first-order chi connectivity index (χ1) is 9.97. The molecular formula is C17H26N2O2. The summed E-state index contributed by atoms with van der Waals surface area (Å²) in [5.74, 6) is -0.00170. The topological polar surface area (TPSA) is 50.4 Å². The highest BCUT2D eigenvalue weighted by molar-refractivity contribution is 5.85. The molecule has 1 fully saturated rings. The van der Waals surface area contributed by atoms with E-state index in [2.05, 4.69) is 42.7 Å². The minimum Gasteiger partial charge on any atom is -0.368 e. The number of hydrogen-bond donors (Lipinski definition) is 2. The Morgan fingerprint density at radius 2 is 1.81 bits per heavy atom. The Bertz CT molecular complexity index is 487. The van der Waals surface area contributed by atoms with Crippen LogP contribution in [0.5, 0.6) is 0 Å². The van der Waals surface area contributed by atoms with E-state index in [-0.39, 0.29) is 11.9 Å². The van der Waals surface area contributed by atoms with Crippen LogP contribution in [0, 0.1) is 13.8 Å². The van der Waals surface area contributed by atoms with Gasteiger partial charge in [-0.1, -0.05) is 29.3 Å². The lowest BCUT2D eigenvalue weighted by Crippen LogP contribution is -2.54. The van der Waals surface area contributed by atoms with Gasteiger partial charge in [0.1, 0.15) is 5.60 Å². The third-order valence-corrected chi connectivity index (χ3v) is 4.31. The van der Waals surface area contributed by atoms with Crippen LogP contribution in [0.15, 0.2) is 18.2 Å². The summed E-state index contributed by atoms with van der Waals surface area (Å²) in [6, 6.07) is 6.37. The average molecular weight is 290 g/mol.